The van der Waals surface area contributed by atoms with Crippen molar-refractivity contribution in [3.63, 3.8) is 0 Å². The Labute approximate surface area is 211 Å². The molecule has 0 saturated heterocycles. The van der Waals surface area contributed by atoms with Gasteiger partial charge < -0.3 is 10.6 Å². The van der Waals surface area contributed by atoms with Gasteiger partial charge in [-0.2, -0.15) is 0 Å². The number of para-hydroxylation sites is 1. The summed E-state index contributed by atoms with van der Waals surface area (Å²) in [5.41, 5.74) is 1.80. The summed E-state index contributed by atoms with van der Waals surface area (Å²) in [4.78, 5) is 25.7. The van der Waals surface area contributed by atoms with Crippen LogP contribution in [0.15, 0.2) is 77.7 Å². The lowest BCUT2D eigenvalue weighted by Crippen LogP contribution is -2.38. The van der Waals surface area contributed by atoms with Crippen LogP contribution >= 0.6 is 11.6 Å². The molecule has 0 spiro atoms. The van der Waals surface area contributed by atoms with Gasteiger partial charge in [0.2, 0.25) is 5.91 Å². The minimum absolute atomic E-state index is 0.00640. The maximum Gasteiger partial charge on any atom is 0.264 e. The van der Waals surface area contributed by atoms with Crippen molar-refractivity contribution in [2.24, 2.45) is 0 Å². The number of hydrogen-bond donors (Lipinski definition) is 2. The van der Waals surface area contributed by atoms with E-state index in [1.54, 1.807) is 42.5 Å². The highest BCUT2D eigenvalue weighted by Crippen LogP contribution is 2.26. The highest BCUT2D eigenvalue weighted by Gasteiger charge is 2.28. The van der Waals surface area contributed by atoms with Gasteiger partial charge in [-0.05, 0) is 67.4 Å². The van der Waals surface area contributed by atoms with Crippen LogP contribution in [0, 0.1) is 6.92 Å². The van der Waals surface area contributed by atoms with Crippen LogP contribution in [0.4, 0.5) is 11.4 Å². The Morgan fingerprint density at radius 3 is 2.37 bits per heavy atom. The molecule has 0 aliphatic rings. The second-order valence-electron chi connectivity index (χ2n) is 8.01. The minimum Gasteiger partial charge on any atom is -0.352 e. The molecular formula is C26H28ClN3O4S. The van der Waals surface area contributed by atoms with Crippen LogP contribution in [0.1, 0.15) is 35.7 Å². The summed E-state index contributed by atoms with van der Waals surface area (Å²) in [5, 5.41) is 5.93. The van der Waals surface area contributed by atoms with Crippen LogP contribution in [-0.2, 0) is 14.8 Å². The SMILES string of the molecule is CCCCNC(=O)c1ccccc1NC(=O)CN(c1cccc(C)c1)S(=O)(=O)c1ccc(Cl)cc1. The van der Waals surface area contributed by atoms with Gasteiger partial charge in [-0.1, -0.05) is 49.2 Å². The lowest BCUT2D eigenvalue weighted by Gasteiger charge is -2.24. The van der Waals surface area contributed by atoms with Gasteiger partial charge in [0.05, 0.1) is 21.8 Å². The number of carbonyl (C=O) groups excluding carboxylic acids is 2. The first-order valence-corrected chi connectivity index (χ1v) is 13.1. The Balaban J connectivity index is 1.89. The second kappa shape index (κ2) is 11.9. The standard InChI is InChI=1S/C26H28ClN3O4S/c1-3-4-16-28-26(32)23-10-5-6-11-24(23)29-25(31)18-30(21-9-7-8-19(2)17-21)35(33,34)22-14-12-20(27)13-15-22/h5-15,17H,3-4,16,18H2,1-2H3,(H,28,32)(H,29,31). The maximum absolute atomic E-state index is 13.5. The first-order chi connectivity index (χ1) is 16.7. The largest absolute Gasteiger partial charge is 0.352 e. The van der Waals surface area contributed by atoms with Crippen LogP contribution in [0.25, 0.3) is 0 Å². The molecule has 0 aliphatic heterocycles. The summed E-state index contributed by atoms with van der Waals surface area (Å²) in [6.07, 6.45) is 1.78. The summed E-state index contributed by atoms with van der Waals surface area (Å²) in [5.74, 6) is -0.892. The van der Waals surface area contributed by atoms with E-state index in [2.05, 4.69) is 10.6 Å². The van der Waals surface area contributed by atoms with Gasteiger partial charge in [0, 0.05) is 11.6 Å². The van der Waals surface area contributed by atoms with E-state index >= 15 is 0 Å². The number of amides is 2. The summed E-state index contributed by atoms with van der Waals surface area (Å²) in [6, 6.07) is 19.3. The zero-order valence-corrected chi connectivity index (χ0v) is 21.2. The molecule has 0 aromatic heterocycles. The van der Waals surface area contributed by atoms with Gasteiger partial charge in [0.1, 0.15) is 6.54 Å². The molecule has 0 atom stereocenters. The third-order valence-electron chi connectivity index (χ3n) is 5.24. The molecule has 0 aliphatic carbocycles. The van der Waals surface area contributed by atoms with Crippen LogP contribution in [0.3, 0.4) is 0 Å². The Hall–Kier alpha value is -3.36. The van der Waals surface area contributed by atoms with Crippen LogP contribution in [0.2, 0.25) is 5.02 Å². The highest BCUT2D eigenvalue weighted by molar-refractivity contribution is 7.92. The van der Waals surface area contributed by atoms with Crippen molar-refractivity contribution in [1.29, 1.82) is 0 Å². The molecule has 0 heterocycles. The fourth-order valence-corrected chi connectivity index (χ4v) is 4.95. The second-order valence-corrected chi connectivity index (χ2v) is 10.3. The summed E-state index contributed by atoms with van der Waals surface area (Å²) >= 11 is 5.93. The van der Waals surface area contributed by atoms with E-state index in [-0.39, 0.29) is 10.8 Å². The number of unbranched alkanes of at least 4 members (excludes halogenated alkanes) is 1. The average Bonchev–Trinajstić information content (AvgIpc) is 2.83. The maximum atomic E-state index is 13.5. The molecule has 0 unspecified atom stereocenters. The molecule has 3 aromatic carbocycles. The number of sulfonamides is 1. The summed E-state index contributed by atoms with van der Waals surface area (Å²) < 4.78 is 28.1. The quantitative estimate of drug-likeness (QED) is 0.372. The van der Waals surface area contributed by atoms with Crippen molar-refractivity contribution in [1.82, 2.24) is 5.32 Å². The van der Waals surface area contributed by atoms with Crippen molar-refractivity contribution in [3.8, 4) is 0 Å². The zero-order valence-electron chi connectivity index (χ0n) is 19.6. The third-order valence-corrected chi connectivity index (χ3v) is 7.28. The highest BCUT2D eigenvalue weighted by atomic mass is 35.5. The van der Waals surface area contributed by atoms with E-state index in [1.165, 1.54) is 24.3 Å². The van der Waals surface area contributed by atoms with Crippen molar-refractivity contribution in [2.75, 3.05) is 22.7 Å². The molecule has 2 amide bonds. The van der Waals surface area contributed by atoms with E-state index in [9.17, 15) is 18.0 Å². The number of nitrogens with zero attached hydrogens (tertiary/aromatic N) is 1. The van der Waals surface area contributed by atoms with Gasteiger partial charge in [-0.15, -0.1) is 0 Å². The molecule has 7 nitrogen and oxygen atoms in total. The lowest BCUT2D eigenvalue weighted by molar-refractivity contribution is -0.114. The average molecular weight is 514 g/mol. The number of carbonyl (C=O) groups is 2. The monoisotopic (exact) mass is 513 g/mol. The van der Waals surface area contributed by atoms with Gasteiger partial charge in [-0.25, -0.2) is 8.42 Å². The molecule has 0 saturated carbocycles. The molecule has 35 heavy (non-hydrogen) atoms. The number of aryl methyl sites for hydroxylation is 1. The zero-order chi connectivity index (χ0) is 25.4. The van der Waals surface area contributed by atoms with Crippen LogP contribution in [0.5, 0.6) is 0 Å². The fraction of sp³-hybridized carbons (Fsp3) is 0.231. The van der Waals surface area contributed by atoms with Crippen molar-refractivity contribution in [3.05, 3.63) is 88.9 Å². The molecular weight excluding hydrogens is 486 g/mol. The number of nitrogens with one attached hydrogen (secondary N) is 2. The first kappa shape index (κ1) is 26.2. The number of rotatable bonds is 10. The first-order valence-electron chi connectivity index (χ1n) is 11.2. The molecule has 184 valence electrons. The fourth-order valence-electron chi connectivity index (χ4n) is 3.42. The molecule has 0 radical (unpaired) electrons. The predicted molar refractivity (Wildman–Crippen MR) is 139 cm³/mol. The van der Waals surface area contributed by atoms with Gasteiger partial charge >= 0.3 is 0 Å². The molecule has 0 fully saturated rings. The lowest BCUT2D eigenvalue weighted by atomic mass is 10.1. The topological polar surface area (TPSA) is 95.6 Å². The van der Waals surface area contributed by atoms with Crippen molar-refractivity contribution >= 4 is 44.8 Å². The minimum atomic E-state index is -4.08. The normalized spacial score (nSPS) is 11.1. The molecule has 3 aromatic rings. The number of halogens is 1. The van der Waals surface area contributed by atoms with Crippen molar-refractivity contribution in [2.45, 2.75) is 31.6 Å². The molecule has 2 N–H and O–H groups in total. The van der Waals surface area contributed by atoms with Crippen LogP contribution in [-0.4, -0.2) is 33.3 Å². The molecule has 9 heteroatoms. The van der Waals surface area contributed by atoms with Gasteiger partial charge in [0.15, 0.2) is 0 Å². The van der Waals surface area contributed by atoms with E-state index in [4.69, 9.17) is 11.6 Å². The van der Waals surface area contributed by atoms with Crippen LogP contribution < -0.4 is 14.9 Å². The number of hydrogen-bond acceptors (Lipinski definition) is 4. The van der Waals surface area contributed by atoms with E-state index in [0.29, 0.717) is 28.5 Å². The van der Waals surface area contributed by atoms with E-state index in [0.717, 1.165) is 22.7 Å². The van der Waals surface area contributed by atoms with Crippen molar-refractivity contribution < 1.29 is 18.0 Å². The number of anilines is 2. The molecule has 3 rings (SSSR count). The van der Waals surface area contributed by atoms with Gasteiger partial charge in [-0.3, -0.25) is 13.9 Å². The third kappa shape index (κ3) is 6.83. The van der Waals surface area contributed by atoms with E-state index < -0.39 is 22.5 Å². The molecule has 0 bridgehead atoms. The summed E-state index contributed by atoms with van der Waals surface area (Å²) in [6.45, 7) is 3.90. The Bertz CT molecular complexity index is 1290. The Morgan fingerprint density at radius 2 is 1.69 bits per heavy atom. The Kier molecular flexibility index (Phi) is 8.89. The smallest absolute Gasteiger partial charge is 0.264 e. The Morgan fingerprint density at radius 1 is 0.971 bits per heavy atom. The van der Waals surface area contributed by atoms with E-state index in [1.807, 2.05) is 19.9 Å². The number of benzene rings is 3. The van der Waals surface area contributed by atoms with Gasteiger partial charge in [0.25, 0.3) is 15.9 Å². The predicted octanol–water partition coefficient (Wildman–Crippen LogP) is 5.01. The summed E-state index contributed by atoms with van der Waals surface area (Å²) in [7, 11) is -4.08.